The zero-order valence-electron chi connectivity index (χ0n) is 10.9. The normalized spacial score (nSPS) is 17.4. The summed E-state index contributed by atoms with van der Waals surface area (Å²) in [5.74, 6) is 1.14. The monoisotopic (exact) mass is 248 g/mol. The van der Waals surface area contributed by atoms with Gasteiger partial charge in [-0.1, -0.05) is 12.8 Å². The molecule has 0 bridgehead atoms. The van der Waals surface area contributed by atoms with Crippen molar-refractivity contribution in [2.45, 2.75) is 38.6 Å². The molecule has 1 amide bonds. The third kappa shape index (κ3) is 2.97. The highest BCUT2D eigenvalue weighted by atomic mass is 16.2. The molecule has 0 saturated heterocycles. The van der Waals surface area contributed by atoms with Crippen molar-refractivity contribution in [1.29, 1.82) is 0 Å². The van der Waals surface area contributed by atoms with Crippen LogP contribution >= 0.6 is 0 Å². The Bertz CT molecular complexity index is 398. The Morgan fingerprint density at radius 1 is 1.33 bits per heavy atom. The van der Waals surface area contributed by atoms with Crippen LogP contribution in [0.5, 0.6) is 0 Å². The molecule has 18 heavy (non-hydrogen) atoms. The Balaban J connectivity index is 1.93. The van der Waals surface area contributed by atoms with Crippen molar-refractivity contribution in [3.63, 3.8) is 0 Å². The van der Waals surface area contributed by atoms with Crippen LogP contribution in [0.2, 0.25) is 0 Å². The molecule has 1 unspecified atom stereocenters. The Labute approximate surface area is 107 Å². The van der Waals surface area contributed by atoms with Gasteiger partial charge in [0.1, 0.15) is 5.82 Å². The summed E-state index contributed by atoms with van der Waals surface area (Å²) in [4.78, 5) is 12.0. The Kier molecular flexibility index (Phi) is 4.12. The fraction of sp³-hybridized carbons (Fsp3) is 0.615. The van der Waals surface area contributed by atoms with Crippen molar-refractivity contribution in [2.24, 2.45) is 5.92 Å². The maximum absolute atomic E-state index is 12.0. The van der Waals surface area contributed by atoms with Gasteiger partial charge in [0, 0.05) is 13.1 Å². The highest BCUT2D eigenvalue weighted by Gasteiger charge is 2.23. The van der Waals surface area contributed by atoms with Gasteiger partial charge in [0.05, 0.1) is 0 Å². The van der Waals surface area contributed by atoms with E-state index >= 15 is 0 Å². The first-order chi connectivity index (χ1) is 8.70. The van der Waals surface area contributed by atoms with Gasteiger partial charge < -0.3 is 10.6 Å². The number of aromatic nitrogens is 2. The van der Waals surface area contributed by atoms with E-state index < -0.39 is 0 Å². The minimum atomic E-state index is -0.135. The minimum Gasteiger partial charge on any atom is -0.372 e. The van der Waals surface area contributed by atoms with E-state index in [4.69, 9.17) is 0 Å². The molecule has 1 atom stereocenters. The number of rotatable bonds is 4. The third-order valence-corrected chi connectivity index (χ3v) is 3.62. The molecule has 1 aromatic rings. The topological polar surface area (TPSA) is 66.9 Å². The molecule has 1 fully saturated rings. The summed E-state index contributed by atoms with van der Waals surface area (Å²) < 4.78 is 0. The molecule has 5 nitrogen and oxygen atoms in total. The molecule has 2 rings (SSSR count). The molecule has 1 aromatic heterocycles. The van der Waals surface area contributed by atoms with Crippen LogP contribution in [0.1, 0.15) is 43.1 Å². The van der Waals surface area contributed by atoms with E-state index in [0.717, 1.165) is 0 Å². The minimum absolute atomic E-state index is 0.135. The van der Waals surface area contributed by atoms with Gasteiger partial charge in [-0.25, -0.2) is 0 Å². The largest absolute Gasteiger partial charge is 0.372 e. The fourth-order valence-corrected chi connectivity index (χ4v) is 2.44. The van der Waals surface area contributed by atoms with E-state index in [2.05, 4.69) is 27.8 Å². The maximum atomic E-state index is 12.0. The van der Waals surface area contributed by atoms with Crippen LogP contribution in [-0.4, -0.2) is 29.2 Å². The second-order valence-electron chi connectivity index (χ2n) is 4.86. The molecular formula is C13H20N4O. The first-order valence-electron chi connectivity index (χ1n) is 6.53. The van der Waals surface area contributed by atoms with Gasteiger partial charge in [-0.15, -0.1) is 10.2 Å². The number of carbonyl (C=O) groups is 1. The molecule has 98 valence electrons. The summed E-state index contributed by atoms with van der Waals surface area (Å²) in [7, 11) is 1.77. The second-order valence-corrected chi connectivity index (χ2v) is 4.86. The lowest BCUT2D eigenvalue weighted by atomic mass is 10.00. The summed E-state index contributed by atoms with van der Waals surface area (Å²) in [6.07, 6.45) is 4.99. The van der Waals surface area contributed by atoms with Crippen molar-refractivity contribution in [1.82, 2.24) is 15.5 Å². The molecule has 1 saturated carbocycles. The average Bonchev–Trinajstić information content (AvgIpc) is 2.92. The van der Waals surface area contributed by atoms with Gasteiger partial charge in [-0.05, 0) is 37.8 Å². The summed E-state index contributed by atoms with van der Waals surface area (Å²) in [6.45, 7) is 2.07. The smallest absolute Gasteiger partial charge is 0.272 e. The molecule has 5 heteroatoms. The predicted octanol–water partition coefficient (Wildman–Crippen LogP) is 1.83. The lowest BCUT2D eigenvalue weighted by Gasteiger charge is -2.19. The van der Waals surface area contributed by atoms with Crippen LogP contribution in [-0.2, 0) is 0 Å². The molecule has 0 aliphatic heterocycles. The molecule has 1 aliphatic carbocycles. The first kappa shape index (κ1) is 12.8. The quantitative estimate of drug-likeness (QED) is 0.853. The molecule has 0 radical (unpaired) electrons. The van der Waals surface area contributed by atoms with Gasteiger partial charge >= 0.3 is 0 Å². The van der Waals surface area contributed by atoms with Crippen molar-refractivity contribution >= 4 is 11.7 Å². The van der Waals surface area contributed by atoms with Gasteiger partial charge in [0.2, 0.25) is 0 Å². The number of hydrogen-bond donors (Lipinski definition) is 2. The fourth-order valence-electron chi connectivity index (χ4n) is 2.44. The molecule has 1 aliphatic rings. The summed E-state index contributed by atoms with van der Waals surface area (Å²) in [5, 5.41) is 13.7. The van der Waals surface area contributed by atoms with Crippen molar-refractivity contribution < 1.29 is 4.79 Å². The number of nitrogens with one attached hydrogen (secondary N) is 2. The lowest BCUT2D eigenvalue weighted by Crippen LogP contribution is -2.37. The van der Waals surface area contributed by atoms with E-state index in [1.54, 1.807) is 19.2 Å². The average molecular weight is 248 g/mol. The zero-order valence-corrected chi connectivity index (χ0v) is 10.9. The first-order valence-corrected chi connectivity index (χ1v) is 6.53. The molecule has 0 spiro atoms. The SMILES string of the molecule is CNc1ccc(C(=O)NC(C)C2CCCC2)nn1. The number of nitrogens with zero attached hydrogens (tertiary/aromatic N) is 2. The second kappa shape index (κ2) is 5.80. The molecule has 0 aromatic carbocycles. The van der Waals surface area contributed by atoms with Crippen LogP contribution in [0.4, 0.5) is 5.82 Å². The summed E-state index contributed by atoms with van der Waals surface area (Å²) in [6, 6.07) is 3.66. The Morgan fingerprint density at radius 2 is 2.06 bits per heavy atom. The van der Waals surface area contributed by atoms with Crippen molar-refractivity contribution in [3.8, 4) is 0 Å². The van der Waals surface area contributed by atoms with Crippen molar-refractivity contribution in [2.75, 3.05) is 12.4 Å². The number of hydrogen-bond acceptors (Lipinski definition) is 4. The summed E-state index contributed by atoms with van der Waals surface area (Å²) >= 11 is 0. The standard InChI is InChI=1S/C13H20N4O/c1-9(10-5-3-4-6-10)15-13(18)11-7-8-12(14-2)17-16-11/h7-10H,3-6H2,1-2H3,(H,14,17)(H,15,18). The van der Waals surface area contributed by atoms with E-state index in [0.29, 0.717) is 17.4 Å². The molecule has 1 heterocycles. The summed E-state index contributed by atoms with van der Waals surface area (Å²) in [5.41, 5.74) is 0.374. The van der Waals surface area contributed by atoms with E-state index in [-0.39, 0.29) is 11.9 Å². The third-order valence-electron chi connectivity index (χ3n) is 3.62. The molecule has 2 N–H and O–H groups in total. The van der Waals surface area contributed by atoms with Crippen molar-refractivity contribution in [3.05, 3.63) is 17.8 Å². The van der Waals surface area contributed by atoms with Crippen LogP contribution in [0.15, 0.2) is 12.1 Å². The van der Waals surface area contributed by atoms with E-state index in [1.165, 1.54) is 25.7 Å². The Morgan fingerprint density at radius 3 is 2.61 bits per heavy atom. The highest BCUT2D eigenvalue weighted by molar-refractivity contribution is 5.92. The lowest BCUT2D eigenvalue weighted by molar-refractivity contribution is 0.0921. The zero-order chi connectivity index (χ0) is 13.0. The van der Waals surface area contributed by atoms with Crippen LogP contribution in [0.3, 0.4) is 0 Å². The van der Waals surface area contributed by atoms with Gasteiger partial charge in [-0.2, -0.15) is 0 Å². The number of carbonyl (C=O) groups excluding carboxylic acids is 1. The van der Waals surface area contributed by atoms with Crippen LogP contribution in [0, 0.1) is 5.92 Å². The Hall–Kier alpha value is -1.65. The van der Waals surface area contributed by atoms with Crippen LogP contribution < -0.4 is 10.6 Å². The van der Waals surface area contributed by atoms with Crippen LogP contribution in [0.25, 0.3) is 0 Å². The number of anilines is 1. The van der Waals surface area contributed by atoms with E-state index in [1.807, 2.05) is 0 Å². The highest BCUT2D eigenvalue weighted by Crippen LogP contribution is 2.27. The van der Waals surface area contributed by atoms with E-state index in [9.17, 15) is 4.79 Å². The maximum Gasteiger partial charge on any atom is 0.272 e. The molecular weight excluding hydrogens is 228 g/mol. The number of amides is 1. The van der Waals surface area contributed by atoms with Gasteiger partial charge in [0.15, 0.2) is 5.69 Å². The van der Waals surface area contributed by atoms with Gasteiger partial charge in [0.25, 0.3) is 5.91 Å². The van der Waals surface area contributed by atoms with Gasteiger partial charge in [-0.3, -0.25) is 4.79 Å². The predicted molar refractivity (Wildman–Crippen MR) is 70.5 cm³/mol.